The Hall–Kier alpha value is -2.67. The van der Waals surface area contributed by atoms with E-state index in [1.54, 1.807) is 17.2 Å². The number of hydrogen-bond acceptors (Lipinski definition) is 4. The van der Waals surface area contributed by atoms with Gasteiger partial charge < -0.3 is 19.0 Å². The molecule has 1 aliphatic rings. The first-order valence-electron chi connectivity index (χ1n) is 10.2. The molecule has 0 radical (unpaired) electrons. The van der Waals surface area contributed by atoms with E-state index >= 15 is 0 Å². The molecule has 1 aromatic heterocycles. The first-order valence-corrected chi connectivity index (χ1v) is 10.2. The highest BCUT2D eigenvalue weighted by Gasteiger charge is 2.32. The van der Waals surface area contributed by atoms with Crippen LogP contribution in [-0.4, -0.2) is 53.0 Å². The molecular formula is C23H29FN2O4. The number of halogens is 1. The minimum atomic E-state index is -0.596. The third-order valence-corrected chi connectivity index (χ3v) is 5.17. The van der Waals surface area contributed by atoms with E-state index in [4.69, 9.17) is 9.15 Å². The summed E-state index contributed by atoms with van der Waals surface area (Å²) in [5, 5.41) is 0. The Morgan fingerprint density at radius 2 is 1.90 bits per heavy atom. The van der Waals surface area contributed by atoms with E-state index in [1.807, 2.05) is 26.8 Å². The predicted molar refractivity (Wildman–Crippen MR) is 110 cm³/mol. The van der Waals surface area contributed by atoms with Crippen LogP contribution in [0, 0.1) is 5.82 Å². The molecule has 1 fully saturated rings. The van der Waals surface area contributed by atoms with Crippen molar-refractivity contribution in [2.45, 2.75) is 51.8 Å². The largest absolute Gasteiger partial charge is 0.467 e. The van der Waals surface area contributed by atoms with Crippen LogP contribution >= 0.6 is 0 Å². The van der Waals surface area contributed by atoms with Gasteiger partial charge in [-0.2, -0.15) is 0 Å². The van der Waals surface area contributed by atoms with Crippen molar-refractivity contribution in [1.29, 1.82) is 0 Å². The fraction of sp³-hybridized carbons (Fsp3) is 0.478. The molecular weight excluding hydrogens is 387 g/mol. The Labute approximate surface area is 176 Å². The number of rotatable bonds is 7. The molecule has 30 heavy (non-hydrogen) atoms. The highest BCUT2D eigenvalue weighted by atomic mass is 19.1. The SMILES string of the molecule is CC(C)(C)N(CC(=O)N(Cc1ccco1)CC1CCCO1)C(=O)c1ccc(F)cc1. The van der Waals surface area contributed by atoms with Gasteiger partial charge in [0.25, 0.3) is 5.91 Å². The van der Waals surface area contributed by atoms with Gasteiger partial charge >= 0.3 is 0 Å². The zero-order valence-corrected chi connectivity index (χ0v) is 17.8. The van der Waals surface area contributed by atoms with Crippen LogP contribution in [0.15, 0.2) is 47.1 Å². The average molecular weight is 416 g/mol. The summed E-state index contributed by atoms with van der Waals surface area (Å²) in [6.07, 6.45) is 3.44. The van der Waals surface area contributed by atoms with Gasteiger partial charge in [0.05, 0.1) is 18.9 Å². The van der Waals surface area contributed by atoms with E-state index in [2.05, 4.69) is 0 Å². The molecule has 1 aromatic carbocycles. The minimum Gasteiger partial charge on any atom is -0.467 e. The normalized spacial score (nSPS) is 16.5. The maximum absolute atomic E-state index is 13.3. The average Bonchev–Trinajstić information content (AvgIpc) is 3.39. The number of ether oxygens (including phenoxy) is 1. The van der Waals surface area contributed by atoms with Gasteiger partial charge in [-0.3, -0.25) is 9.59 Å². The van der Waals surface area contributed by atoms with E-state index in [0.29, 0.717) is 31.0 Å². The first-order chi connectivity index (χ1) is 14.2. The fourth-order valence-corrected chi connectivity index (χ4v) is 3.48. The van der Waals surface area contributed by atoms with Crippen molar-refractivity contribution in [3.63, 3.8) is 0 Å². The fourth-order valence-electron chi connectivity index (χ4n) is 3.48. The minimum absolute atomic E-state index is 0.0141. The van der Waals surface area contributed by atoms with Crippen LogP contribution in [0.3, 0.4) is 0 Å². The van der Waals surface area contributed by atoms with Crippen LogP contribution in [0.5, 0.6) is 0 Å². The summed E-state index contributed by atoms with van der Waals surface area (Å²) >= 11 is 0. The summed E-state index contributed by atoms with van der Waals surface area (Å²) in [7, 11) is 0. The standard InChI is InChI=1S/C23H29FN2O4/c1-23(2,3)26(22(28)17-8-10-18(24)11-9-17)16-21(27)25(14-19-6-4-12-29-19)15-20-7-5-13-30-20/h4,6,8-12,20H,5,7,13-16H2,1-3H3. The zero-order valence-electron chi connectivity index (χ0n) is 17.8. The molecule has 162 valence electrons. The Morgan fingerprint density at radius 3 is 2.47 bits per heavy atom. The molecule has 6 nitrogen and oxygen atoms in total. The number of carbonyl (C=O) groups excluding carboxylic acids is 2. The Balaban J connectivity index is 1.78. The molecule has 0 saturated carbocycles. The summed E-state index contributed by atoms with van der Waals surface area (Å²) < 4.78 is 24.4. The lowest BCUT2D eigenvalue weighted by Gasteiger charge is -2.37. The molecule has 0 spiro atoms. The van der Waals surface area contributed by atoms with Gasteiger partial charge in [0.2, 0.25) is 5.91 Å². The third-order valence-electron chi connectivity index (χ3n) is 5.17. The number of amides is 2. The summed E-state index contributed by atoms with van der Waals surface area (Å²) in [4.78, 5) is 29.6. The maximum Gasteiger partial charge on any atom is 0.254 e. The molecule has 0 aliphatic carbocycles. The molecule has 3 rings (SSSR count). The van der Waals surface area contributed by atoms with Crippen LogP contribution in [0.2, 0.25) is 0 Å². The zero-order chi connectivity index (χ0) is 21.7. The van der Waals surface area contributed by atoms with E-state index in [1.165, 1.54) is 29.2 Å². The topological polar surface area (TPSA) is 63.0 Å². The Morgan fingerprint density at radius 1 is 1.17 bits per heavy atom. The van der Waals surface area contributed by atoms with Crippen molar-refractivity contribution in [3.05, 3.63) is 59.8 Å². The Bertz CT molecular complexity index is 837. The predicted octanol–water partition coefficient (Wildman–Crippen LogP) is 3.87. The second kappa shape index (κ2) is 9.43. The number of furan rings is 1. The summed E-state index contributed by atoms with van der Waals surface area (Å²) in [6.45, 7) is 6.99. The van der Waals surface area contributed by atoms with E-state index in [-0.39, 0.29) is 24.5 Å². The quantitative estimate of drug-likeness (QED) is 0.688. The molecule has 1 atom stereocenters. The number of benzene rings is 1. The van der Waals surface area contributed by atoms with Crippen molar-refractivity contribution < 1.29 is 23.1 Å². The van der Waals surface area contributed by atoms with E-state index in [0.717, 1.165) is 12.8 Å². The van der Waals surface area contributed by atoms with Gasteiger partial charge in [0, 0.05) is 24.3 Å². The molecule has 1 unspecified atom stereocenters. The van der Waals surface area contributed by atoms with Crippen LogP contribution in [0.4, 0.5) is 4.39 Å². The smallest absolute Gasteiger partial charge is 0.254 e. The van der Waals surface area contributed by atoms with Gasteiger partial charge in [0.1, 0.15) is 18.1 Å². The molecule has 1 aliphatic heterocycles. The van der Waals surface area contributed by atoms with Crippen molar-refractivity contribution in [1.82, 2.24) is 9.80 Å². The van der Waals surface area contributed by atoms with Crippen molar-refractivity contribution >= 4 is 11.8 Å². The molecule has 2 aromatic rings. The third kappa shape index (κ3) is 5.69. The van der Waals surface area contributed by atoms with Crippen molar-refractivity contribution in [3.8, 4) is 0 Å². The van der Waals surface area contributed by atoms with E-state index in [9.17, 15) is 14.0 Å². The van der Waals surface area contributed by atoms with Crippen LogP contribution in [-0.2, 0) is 16.1 Å². The van der Waals surface area contributed by atoms with Gasteiger partial charge in [-0.25, -0.2) is 4.39 Å². The molecule has 0 bridgehead atoms. The lowest BCUT2D eigenvalue weighted by atomic mass is 10.0. The second-order valence-corrected chi connectivity index (χ2v) is 8.56. The maximum atomic E-state index is 13.3. The van der Waals surface area contributed by atoms with Crippen LogP contribution in [0.25, 0.3) is 0 Å². The first kappa shape index (κ1) is 22.0. The van der Waals surface area contributed by atoms with Gasteiger partial charge in [0.15, 0.2) is 0 Å². The molecule has 2 heterocycles. The molecule has 1 saturated heterocycles. The number of nitrogens with zero attached hydrogens (tertiary/aromatic N) is 2. The van der Waals surface area contributed by atoms with Crippen molar-refractivity contribution in [2.24, 2.45) is 0 Å². The number of hydrogen-bond donors (Lipinski definition) is 0. The van der Waals surface area contributed by atoms with Crippen LogP contribution < -0.4 is 0 Å². The van der Waals surface area contributed by atoms with Gasteiger partial charge in [-0.1, -0.05) is 0 Å². The molecule has 2 amide bonds. The lowest BCUT2D eigenvalue weighted by Crippen LogP contribution is -2.51. The summed E-state index contributed by atoms with van der Waals surface area (Å²) in [5.41, 5.74) is -0.253. The monoisotopic (exact) mass is 416 g/mol. The van der Waals surface area contributed by atoms with Gasteiger partial charge in [-0.15, -0.1) is 0 Å². The van der Waals surface area contributed by atoms with Crippen LogP contribution in [0.1, 0.15) is 49.7 Å². The molecule has 0 N–H and O–H groups in total. The Kier molecular flexibility index (Phi) is 6.92. The highest BCUT2D eigenvalue weighted by Crippen LogP contribution is 2.20. The summed E-state index contributed by atoms with van der Waals surface area (Å²) in [6, 6.07) is 8.97. The lowest BCUT2D eigenvalue weighted by molar-refractivity contribution is -0.135. The van der Waals surface area contributed by atoms with Gasteiger partial charge in [-0.05, 0) is 70.0 Å². The molecule has 7 heteroatoms. The summed E-state index contributed by atoms with van der Waals surface area (Å²) in [5.74, 6) is -0.238. The van der Waals surface area contributed by atoms with E-state index < -0.39 is 11.4 Å². The number of carbonyl (C=O) groups is 2. The highest BCUT2D eigenvalue weighted by molar-refractivity contribution is 5.97. The van der Waals surface area contributed by atoms with Crippen molar-refractivity contribution in [2.75, 3.05) is 19.7 Å². The second-order valence-electron chi connectivity index (χ2n) is 8.56.